The summed E-state index contributed by atoms with van der Waals surface area (Å²) in [6, 6.07) is 3.72. The molecule has 0 spiro atoms. The van der Waals surface area contributed by atoms with Crippen molar-refractivity contribution >= 4 is 0 Å². The summed E-state index contributed by atoms with van der Waals surface area (Å²) in [6.07, 6.45) is 7.81. The minimum Gasteiger partial charge on any atom is -0.313 e. The van der Waals surface area contributed by atoms with E-state index in [-0.39, 0.29) is 6.04 Å². The summed E-state index contributed by atoms with van der Waals surface area (Å²) in [4.78, 5) is 0. The van der Waals surface area contributed by atoms with E-state index in [0.717, 1.165) is 25.3 Å². The first-order valence-electron chi connectivity index (χ1n) is 6.50. The van der Waals surface area contributed by atoms with Gasteiger partial charge in [0.1, 0.15) is 11.6 Å². The Balaban J connectivity index is 2.14. The lowest BCUT2D eigenvalue weighted by Gasteiger charge is -2.21. The SMILES string of the molecule is CNC(CC1=CCCCC1)c1cc(F)cc(F)c1. The van der Waals surface area contributed by atoms with E-state index in [4.69, 9.17) is 0 Å². The quantitative estimate of drug-likeness (QED) is 0.794. The number of benzene rings is 1. The van der Waals surface area contributed by atoms with Crippen LogP contribution in [0.15, 0.2) is 29.8 Å². The fourth-order valence-electron chi connectivity index (χ4n) is 2.52. The molecule has 0 aromatic heterocycles. The summed E-state index contributed by atoms with van der Waals surface area (Å²) in [6.45, 7) is 0. The molecule has 3 heteroatoms. The van der Waals surface area contributed by atoms with Crippen LogP contribution in [0.2, 0.25) is 0 Å². The highest BCUT2D eigenvalue weighted by Gasteiger charge is 2.15. The van der Waals surface area contributed by atoms with Gasteiger partial charge in [-0.05, 0) is 56.8 Å². The van der Waals surface area contributed by atoms with Gasteiger partial charge in [-0.1, -0.05) is 11.6 Å². The smallest absolute Gasteiger partial charge is 0.126 e. The average molecular weight is 251 g/mol. The van der Waals surface area contributed by atoms with Crippen LogP contribution in [0.3, 0.4) is 0 Å². The van der Waals surface area contributed by atoms with Gasteiger partial charge in [0.15, 0.2) is 0 Å². The molecule has 1 aliphatic carbocycles. The second-order valence-electron chi connectivity index (χ2n) is 4.86. The lowest BCUT2D eigenvalue weighted by Crippen LogP contribution is -2.18. The highest BCUT2D eigenvalue weighted by Crippen LogP contribution is 2.28. The fourth-order valence-corrected chi connectivity index (χ4v) is 2.52. The van der Waals surface area contributed by atoms with E-state index < -0.39 is 11.6 Å². The molecule has 1 nitrogen and oxygen atoms in total. The monoisotopic (exact) mass is 251 g/mol. The van der Waals surface area contributed by atoms with E-state index in [2.05, 4.69) is 11.4 Å². The van der Waals surface area contributed by atoms with Gasteiger partial charge in [-0.2, -0.15) is 0 Å². The van der Waals surface area contributed by atoms with Crippen LogP contribution in [0.25, 0.3) is 0 Å². The Bertz CT molecular complexity index is 420. The van der Waals surface area contributed by atoms with E-state index in [1.165, 1.54) is 30.5 Å². The topological polar surface area (TPSA) is 12.0 Å². The van der Waals surface area contributed by atoms with Gasteiger partial charge >= 0.3 is 0 Å². The molecule has 1 atom stereocenters. The molecule has 2 rings (SSSR count). The predicted octanol–water partition coefficient (Wildman–Crippen LogP) is 4.12. The number of allylic oxidation sites excluding steroid dienone is 1. The molecule has 1 aromatic carbocycles. The Hall–Kier alpha value is -1.22. The Labute approximate surface area is 107 Å². The number of nitrogens with one attached hydrogen (secondary N) is 1. The number of rotatable bonds is 4. The van der Waals surface area contributed by atoms with Gasteiger partial charge in [0, 0.05) is 12.1 Å². The van der Waals surface area contributed by atoms with Crippen LogP contribution >= 0.6 is 0 Å². The average Bonchev–Trinajstić information content (AvgIpc) is 2.36. The summed E-state index contributed by atoms with van der Waals surface area (Å²) in [5.74, 6) is -1.02. The molecule has 1 aromatic rings. The summed E-state index contributed by atoms with van der Waals surface area (Å²) >= 11 is 0. The van der Waals surface area contributed by atoms with Gasteiger partial charge in [-0.3, -0.25) is 0 Å². The second kappa shape index (κ2) is 6.10. The van der Waals surface area contributed by atoms with Crippen molar-refractivity contribution in [2.75, 3.05) is 7.05 Å². The third-order valence-corrected chi connectivity index (χ3v) is 3.49. The highest BCUT2D eigenvalue weighted by atomic mass is 19.1. The molecular weight excluding hydrogens is 232 g/mol. The van der Waals surface area contributed by atoms with Crippen molar-refractivity contribution in [3.8, 4) is 0 Å². The van der Waals surface area contributed by atoms with Crippen molar-refractivity contribution in [3.05, 3.63) is 47.0 Å². The zero-order valence-corrected chi connectivity index (χ0v) is 10.7. The maximum absolute atomic E-state index is 13.2. The Morgan fingerprint density at radius 1 is 1.17 bits per heavy atom. The first-order valence-corrected chi connectivity index (χ1v) is 6.50. The minimum atomic E-state index is -0.511. The van der Waals surface area contributed by atoms with E-state index in [1.54, 1.807) is 0 Å². The third-order valence-electron chi connectivity index (χ3n) is 3.49. The van der Waals surface area contributed by atoms with Crippen molar-refractivity contribution in [2.45, 2.75) is 38.1 Å². The van der Waals surface area contributed by atoms with Crippen LogP contribution in [0.1, 0.15) is 43.7 Å². The molecule has 0 saturated heterocycles. The molecule has 0 heterocycles. The van der Waals surface area contributed by atoms with E-state index in [1.807, 2.05) is 7.05 Å². The number of halogens is 2. The normalized spacial score (nSPS) is 17.4. The molecule has 0 fully saturated rings. The largest absolute Gasteiger partial charge is 0.313 e. The van der Waals surface area contributed by atoms with Crippen molar-refractivity contribution in [2.24, 2.45) is 0 Å². The zero-order valence-electron chi connectivity index (χ0n) is 10.7. The Morgan fingerprint density at radius 2 is 1.89 bits per heavy atom. The van der Waals surface area contributed by atoms with Crippen LogP contribution in [-0.4, -0.2) is 7.05 Å². The van der Waals surface area contributed by atoms with Crippen LogP contribution in [0.5, 0.6) is 0 Å². The van der Waals surface area contributed by atoms with Crippen LogP contribution < -0.4 is 5.32 Å². The Morgan fingerprint density at radius 3 is 2.44 bits per heavy atom. The van der Waals surface area contributed by atoms with Gasteiger partial charge < -0.3 is 5.32 Å². The lowest BCUT2D eigenvalue weighted by molar-refractivity contribution is 0.537. The maximum Gasteiger partial charge on any atom is 0.126 e. The van der Waals surface area contributed by atoms with Gasteiger partial charge in [0.05, 0.1) is 0 Å². The van der Waals surface area contributed by atoms with Gasteiger partial charge in [-0.15, -0.1) is 0 Å². The van der Waals surface area contributed by atoms with E-state index in [0.29, 0.717) is 5.56 Å². The Kier molecular flexibility index (Phi) is 4.48. The van der Waals surface area contributed by atoms with Crippen molar-refractivity contribution in [1.29, 1.82) is 0 Å². The first kappa shape index (κ1) is 13.2. The van der Waals surface area contributed by atoms with Gasteiger partial charge in [-0.25, -0.2) is 8.78 Å². The molecule has 0 bridgehead atoms. The number of hydrogen-bond acceptors (Lipinski definition) is 1. The molecule has 98 valence electrons. The van der Waals surface area contributed by atoms with E-state index in [9.17, 15) is 8.78 Å². The maximum atomic E-state index is 13.2. The van der Waals surface area contributed by atoms with Crippen molar-refractivity contribution < 1.29 is 8.78 Å². The van der Waals surface area contributed by atoms with Gasteiger partial charge in [0.2, 0.25) is 0 Å². The molecule has 0 aliphatic heterocycles. The summed E-state index contributed by atoms with van der Waals surface area (Å²) in [5, 5.41) is 3.15. The lowest BCUT2D eigenvalue weighted by atomic mass is 9.91. The molecular formula is C15H19F2N. The minimum absolute atomic E-state index is 0.0143. The summed E-state index contributed by atoms with van der Waals surface area (Å²) < 4.78 is 26.4. The van der Waals surface area contributed by atoms with Crippen LogP contribution in [0.4, 0.5) is 8.78 Å². The highest BCUT2D eigenvalue weighted by molar-refractivity contribution is 5.23. The number of hydrogen-bond donors (Lipinski definition) is 1. The standard InChI is InChI=1S/C15H19F2N/c1-18-15(7-11-5-3-2-4-6-11)12-8-13(16)10-14(17)9-12/h5,8-10,15,18H,2-4,6-7H2,1H3. The van der Waals surface area contributed by atoms with Crippen LogP contribution in [0, 0.1) is 11.6 Å². The molecule has 0 saturated carbocycles. The third kappa shape index (κ3) is 3.39. The molecule has 0 radical (unpaired) electrons. The predicted molar refractivity (Wildman–Crippen MR) is 69.3 cm³/mol. The first-order chi connectivity index (χ1) is 8.69. The van der Waals surface area contributed by atoms with E-state index >= 15 is 0 Å². The summed E-state index contributed by atoms with van der Waals surface area (Å²) in [7, 11) is 1.83. The molecule has 1 aliphatic rings. The van der Waals surface area contributed by atoms with Crippen LogP contribution in [-0.2, 0) is 0 Å². The molecule has 18 heavy (non-hydrogen) atoms. The van der Waals surface area contributed by atoms with Crippen molar-refractivity contribution in [1.82, 2.24) is 5.32 Å². The zero-order chi connectivity index (χ0) is 13.0. The summed E-state index contributed by atoms with van der Waals surface area (Å²) in [5.41, 5.74) is 2.08. The fraction of sp³-hybridized carbons (Fsp3) is 0.467. The van der Waals surface area contributed by atoms with Crippen molar-refractivity contribution in [3.63, 3.8) is 0 Å². The second-order valence-corrected chi connectivity index (χ2v) is 4.86. The molecule has 0 amide bonds. The van der Waals surface area contributed by atoms with Gasteiger partial charge in [0.25, 0.3) is 0 Å². The molecule has 1 N–H and O–H groups in total. The molecule has 1 unspecified atom stereocenters.